The van der Waals surface area contributed by atoms with Gasteiger partial charge in [-0.3, -0.25) is 4.79 Å². The van der Waals surface area contributed by atoms with Gasteiger partial charge in [0.25, 0.3) is 0 Å². The molecule has 34 heavy (non-hydrogen) atoms. The molecule has 3 N–H and O–H groups in total. The second kappa shape index (κ2) is 10.5. The highest BCUT2D eigenvalue weighted by Gasteiger charge is 2.45. The first-order chi connectivity index (χ1) is 16.4. The van der Waals surface area contributed by atoms with Gasteiger partial charge >= 0.3 is 12.1 Å². The highest BCUT2D eigenvalue weighted by atomic mass is 32.2. The molecule has 2 amide bonds. The Labute approximate surface area is 203 Å². The summed E-state index contributed by atoms with van der Waals surface area (Å²) in [5.41, 5.74) is 3.81. The lowest BCUT2D eigenvalue weighted by Gasteiger charge is -2.40. The Kier molecular flexibility index (Phi) is 7.46. The molecule has 0 heterocycles. The van der Waals surface area contributed by atoms with Crippen molar-refractivity contribution in [1.29, 1.82) is 0 Å². The van der Waals surface area contributed by atoms with Crippen LogP contribution in [0.5, 0.6) is 0 Å². The van der Waals surface area contributed by atoms with Gasteiger partial charge in [-0.1, -0.05) is 55.0 Å². The standard InChI is InChI=1S/C26H30N2O5S/c1-34-14-11-22(23(29)30)28-24(31)26(12-6-13-26)16-27-25(32)33-15-21-19-9-4-2-7-17(19)18-8-3-5-10-20(18)21/h2-5,7-10,21-22H,6,11-16H2,1H3,(H,27,32)(H,28,31)(H,29,30)/t22-/m0/s1. The fraction of sp³-hybridized carbons (Fsp3) is 0.423. The van der Waals surface area contributed by atoms with Gasteiger partial charge in [0, 0.05) is 12.5 Å². The van der Waals surface area contributed by atoms with E-state index in [1.807, 2.05) is 30.5 Å². The van der Waals surface area contributed by atoms with Crippen LogP contribution in [0.25, 0.3) is 11.1 Å². The lowest BCUT2D eigenvalue weighted by atomic mass is 9.68. The molecule has 0 aromatic heterocycles. The van der Waals surface area contributed by atoms with Crippen LogP contribution in [0.4, 0.5) is 4.79 Å². The van der Waals surface area contributed by atoms with Crippen LogP contribution in [0.15, 0.2) is 48.5 Å². The fourth-order valence-electron chi connectivity index (χ4n) is 4.78. The van der Waals surface area contributed by atoms with Crippen molar-refractivity contribution in [3.63, 3.8) is 0 Å². The van der Waals surface area contributed by atoms with Crippen molar-refractivity contribution in [3.05, 3.63) is 59.7 Å². The number of thioether (sulfide) groups is 1. The molecule has 1 atom stereocenters. The number of fused-ring (bicyclic) bond motifs is 3. The fourth-order valence-corrected chi connectivity index (χ4v) is 5.25. The summed E-state index contributed by atoms with van der Waals surface area (Å²) >= 11 is 1.54. The second-order valence-corrected chi connectivity index (χ2v) is 9.94. The molecule has 1 saturated carbocycles. The number of amides is 2. The van der Waals surface area contributed by atoms with Crippen LogP contribution in [0, 0.1) is 5.41 Å². The van der Waals surface area contributed by atoms with E-state index in [0.29, 0.717) is 25.0 Å². The Bertz CT molecular complexity index is 1020. The third kappa shape index (κ3) is 4.92. The topological polar surface area (TPSA) is 105 Å². The van der Waals surface area contributed by atoms with E-state index in [1.54, 1.807) is 0 Å². The van der Waals surface area contributed by atoms with Crippen molar-refractivity contribution in [2.45, 2.75) is 37.6 Å². The van der Waals surface area contributed by atoms with Gasteiger partial charge in [0.2, 0.25) is 5.91 Å². The molecule has 0 radical (unpaired) electrons. The van der Waals surface area contributed by atoms with Crippen LogP contribution in [0.3, 0.4) is 0 Å². The van der Waals surface area contributed by atoms with E-state index in [2.05, 4.69) is 34.9 Å². The molecule has 1 fully saturated rings. The van der Waals surface area contributed by atoms with Crippen LogP contribution in [0.2, 0.25) is 0 Å². The number of carboxylic acid groups (broad SMARTS) is 1. The van der Waals surface area contributed by atoms with Crippen molar-refractivity contribution in [2.24, 2.45) is 5.41 Å². The summed E-state index contributed by atoms with van der Waals surface area (Å²) in [5.74, 6) is -0.748. The van der Waals surface area contributed by atoms with Gasteiger partial charge in [-0.15, -0.1) is 0 Å². The number of carbonyl (C=O) groups is 3. The summed E-state index contributed by atoms with van der Waals surface area (Å²) in [6.07, 6.45) is 3.76. The summed E-state index contributed by atoms with van der Waals surface area (Å²) < 4.78 is 5.58. The average Bonchev–Trinajstić information content (AvgIpc) is 3.13. The molecule has 0 bridgehead atoms. The van der Waals surface area contributed by atoms with Crippen molar-refractivity contribution in [3.8, 4) is 11.1 Å². The summed E-state index contributed by atoms with van der Waals surface area (Å²) in [7, 11) is 0. The van der Waals surface area contributed by atoms with Crippen LogP contribution < -0.4 is 10.6 Å². The average molecular weight is 483 g/mol. The third-order valence-corrected chi connectivity index (χ3v) is 7.57. The first kappa shape index (κ1) is 24.1. The third-order valence-electron chi connectivity index (χ3n) is 6.92. The van der Waals surface area contributed by atoms with Crippen LogP contribution in [-0.4, -0.2) is 54.3 Å². The summed E-state index contributed by atoms with van der Waals surface area (Å²) in [6, 6.07) is 15.3. The molecule has 7 nitrogen and oxygen atoms in total. The lowest BCUT2D eigenvalue weighted by Crippen LogP contribution is -2.55. The minimum Gasteiger partial charge on any atom is -0.480 e. The molecule has 0 saturated heterocycles. The number of ether oxygens (including phenoxy) is 1. The van der Waals surface area contributed by atoms with Crippen molar-refractivity contribution in [1.82, 2.24) is 10.6 Å². The smallest absolute Gasteiger partial charge is 0.407 e. The van der Waals surface area contributed by atoms with Gasteiger partial charge in [-0.25, -0.2) is 9.59 Å². The first-order valence-electron chi connectivity index (χ1n) is 11.6. The van der Waals surface area contributed by atoms with E-state index in [9.17, 15) is 19.5 Å². The van der Waals surface area contributed by atoms with Gasteiger partial charge in [-0.2, -0.15) is 11.8 Å². The van der Waals surface area contributed by atoms with Gasteiger partial charge in [0.1, 0.15) is 12.6 Å². The van der Waals surface area contributed by atoms with Gasteiger partial charge in [0.05, 0.1) is 5.41 Å². The van der Waals surface area contributed by atoms with E-state index in [-0.39, 0.29) is 25.0 Å². The number of alkyl carbamates (subject to hydrolysis) is 1. The number of nitrogens with one attached hydrogen (secondary N) is 2. The number of rotatable bonds is 10. The Morgan fingerprint density at radius 2 is 1.71 bits per heavy atom. The maximum Gasteiger partial charge on any atom is 0.407 e. The molecule has 2 aromatic carbocycles. The molecule has 0 spiro atoms. The molecule has 180 valence electrons. The summed E-state index contributed by atoms with van der Waals surface area (Å²) in [6.45, 7) is 0.333. The SMILES string of the molecule is CSCC[C@H](NC(=O)C1(CNC(=O)OCC2c3ccccc3-c3ccccc32)CCC1)C(=O)O. The molecular formula is C26H30N2O5S. The highest BCUT2D eigenvalue weighted by Crippen LogP contribution is 2.44. The summed E-state index contributed by atoms with van der Waals surface area (Å²) in [5, 5.41) is 14.8. The van der Waals surface area contributed by atoms with E-state index in [1.165, 1.54) is 11.8 Å². The van der Waals surface area contributed by atoms with Gasteiger partial charge < -0.3 is 20.5 Å². The first-order valence-corrected chi connectivity index (χ1v) is 13.0. The number of carboxylic acids is 1. The molecule has 2 aromatic rings. The monoisotopic (exact) mass is 482 g/mol. The molecule has 2 aliphatic carbocycles. The molecular weight excluding hydrogens is 452 g/mol. The number of hydrogen-bond acceptors (Lipinski definition) is 5. The van der Waals surface area contributed by atoms with E-state index < -0.39 is 23.5 Å². The minimum absolute atomic E-state index is 0.0353. The zero-order chi connectivity index (χ0) is 24.1. The zero-order valence-electron chi connectivity index (χ0n) is 19.2. The van der Waals surface area contributed by atoms with Crippen LogP contribution in [0.1, 0.15) is 42.7 Å². The van der Waals surface area contributed by atoms with Crippen LogP contribution in [-0.2, 0) is 14.3 Å². The second-order valence-electron chi connectivity index (χ2n) is 8.96. The maximum absolute atomic E-state index is 12.9. The van der Waals surface area contributed by atoms with Crippen molar-refractivity contribution in [2.75, 3.05) is 25.2 Å². The largest absolute Gasteiger partial charge is 0.480 e. The minimum atomic E-state index is -1.04. The Balaban J connectivity index is 1.34. The molecule has 2 aliphatic rings. The summed E-state index contributed by atoms with van der Waals surface area (Å²) in [4.78, 5) is 37.0. The molecule has 8 heteroatoms. The van der Waals surface area contributed by atoms with Crippen molar-refractivity contribution < 1.29 is 24.2 Å². The Hall–Kier alpha value is -3.00. The van der Waals surface area contributed by atoms with E-state index in [4.69, 9.17) is 4.74 Å². The zero-order valence-corrected chi connectivity index (χ0v) is 20.0. The molecule has 0 unspecified atom stereocenters. The predicted octanol–water partition coefficient (Wildman–Crippen LogP) is 4.02. The number of carbonyl (C=O) groups excluding carboxylic acids is 2. The van der Waals surface area contributed by atoms with E-state index in [0.717, 1.165) is 28.7 Å². The van der Waals surface area contributed by atoms with Crippen molar-refractivity contribution >= 4 is 29.7 Å². The highest BCUT2D eigenvalue weighted by molar-refractivity contribution is 7.98. The van der Waals surface area contributed by atoms with Gasteiger partial charge in [0.15, 0.2) is 0 Å². The van der Waals surface area contributed by atoms with E-state index >= 15 is 0 Å². The quantitative estimate of drug-likeness (QED) is 0.473. The predicted molar refractivity (Wildman–Crippen MR) is 132 cm³/mol. The van der Waals surface area contributed by atoms with Gasteiger partial charge in [-0.05, 0) is 53.5 Å². The lowest BCUT2D eigenvalue weighted by molar-refractivity contribution is -0.145. The molecule has 0 aliphatic heterocycles. The molecule has 4 rings (SSSR count). The number of aliphatic carboxylic acids is 1. The normalized spacial score (nSPS) is 16.5. The Morgan fingerprint density at radius 3 is 2.24 bits per heavy atom. The number of hydrogen-bond donors (Lipinski definition) is 3. The Morgan fingerprint density at radius 1 is 1.09 bits per heavy atom. The maximum atomic E-state index is 12.9. The number of benzene rings is 2. The van der Waals surface area contributed by atoms with Crippen LogP contribution >= 0.6 is 11.8 Å².